The first-order chi connectivity index (χ1) is 8.18. The first-order valence-electron chi connectivity index (χ1n) is 6.62. The Kier molecular flexibility index (Phi) is 5.80. The third-order valence-electron chi connectivity index (χ3n) is 2.94. The van der Waals surface area contributed by atoms with Crippen LogP contribution in [-0.2, 0) is 4.55 Å². The van der Waals surface area contributed by atoms with Gasteiger partial charge in [-0.1, -0.05) is 62.0 Å². The lowest BCUT2D eigenvalue weighted by Crippen LogP contribution is -2.59. The van der Waals surface area contributed by atoms with Gasteiger partial charge in [0, 0.05) is 5.69 Å². The molecule has 1 rings (SSSR count). The maximum Gasteiger partial charge on any atom is 0.505 e. The van der Waals surface area contributed by atoms with Crippen molar-refractivity contribution in [2.75, 3.05) is 4.23 Å². The molecule has 1 nitrogen and oxygen atoms in total. The molecule has 0 amide bonds. The van der Waals surface area contributed by atoms with Crippen LogP contribution < -0.4 is 4.23 Å². The monoisotopic (exact) mass is 309 g/mol. The minimum Gasteiger partial charge on any atom is -0.424 e. The standard InChI is InChI=1S/C13H24NSi2.ClH.Mg/c1-12-10-8-9-11-13(12)14(15(2,3)4)16(5,6)7;;/h8-11H,1H2,2-7H3;1H;/q;;+1/p-1. The highest BCUT2D eigenvalue weighted by atomic mass is 35.5. The maximum absolute atomic E-state index is 6.08. The van der Waals surface area contributed by atoms with Gasteiger partial charge in [0.1, 0.15) is 16.5 Å². The van der Waals surface area contributed by atoms with E-state index in [1.165, 1.54) is 11.3 Å². The summed E-state index contributed by atoms with van der Waals surface area (Å²) in [5.74, 6) is 0. The molecule has 0 aliphatic rings. The Hall–Kier alpha value is 0.510. The van der Waals surface area contributed by atoms with E-state index in [0.29, 0.717) is 0 Å². The fourth-order valence-electron chi connectivity index (χ4n) is 2.77. The molecule has 0 atom stereocenters. The van der Waals surface area contributed by atoms with Crippen LogP contribution in [0.3, 0.4) is 0 Å². The van der Waals surface area contributed by atoms with Crippen molar-refractivity contribution in [3.8, 4) is 0 Å². The topological polar surface area (TPSA) is 3.24 Å². The van der Waals surface area contributed by atoms with Gasteiger partial charge in [-0.05, 0) is 11.6 Å². The first kappa shape index (κ1) is 16.6. The molecule has 0 saturated carbocycles. The summed E-state index contributed by atoms with van der Waals surface area (Å²) in [7, 11) is 3.37. The SMILES string of the molecule is C[Si](C)(C)N(c1ccccc1[CH2][Mg][Cl])[Si](C)(C)C. The molecule has 0 N–H and O–H groups in total. The molecular formula is C13H24ClMgNSi2. The van der Waals surface area contributed by atoms with Gasteiger partial charge < -0.3 is 13.3 Å². The van der Waals surface area contributed by atoms with E-state index in [-0.39, 0.29) is 0 Å². The molecule has 5 heteroatoms. The van der Waals surface area contributed by atoms with Crippen LogP contribution in [0.15, 0.2) is 24.3 Å². The highest BCUT2D eigenvalue weighted by Crippen LogP contribution is 2.31. The molecule has 0 aliphatic heterocycles. The van der Waals surface area contributed by atoms with Gasteiger partial charge >= 0.3 is 19.3 Å². The molecule has 0 spiro atoms. The zero-order chi connectivity index (χ0) is 14.0. The molecular weight excluding hydrogens is 286 g/mol. The predicted octanol–water partition coefficient (Wildman–Crippen LogP) is 4.52. The molecule has 0 saturated heterocycles. The van der Waals surface area contributed by atoms with E-state index in [2.05, 4.69) is 67.8 Å². The Labute approximate surface area is 128 Å². The summed E-state index contributed by atoms with van der Waals surface area (Å²) in [5, 5.41) is 0. The molecule has 0 aliphatic carbocycles. The summed E-state index contributed by atoms with van der Waals surface area (Å²) in [4.78, 5) is 0. The second-order valence-corrected chi connectivity index (χ2v) is 18.8. The van der Waals surface area contributed by atoms with Gasteiger partial charge in [0.25, 0.3) is 0 Å². The first-order valence-corrected chi connectivity index (χ1v) is 16.7. The quantitative estimate of drug-likeness (QED) is 0.723. The van der Waals surface area contributed by atoms with Crippen molar-refractivity contribution in [1.82, 2.24) is 0 Å². The number of hydrogen-bond acceptors (Lipinski definition) is 1. The summed E-state index contributed by atoms with van der Waals surface area (Å²) >= 11 is -0.449. The van der Waals surface area contributed by atoms with E-state index in [1.54, 1.807) is 0 Å². The molecule has 0 fully saturated rings. The van der Waals surface area contributed by atoms with Crippen molar-refractivity contribution in [1.29, 1.82) is 0 Å². The van der Waals surface area contributed by atoms with Crippen molar-refractivity contribution in [2.24, 2.45) is 0 Å². The fraction of sp³-hybridized carbons (Fsp3) is 0.538. The van der Waals surface area contributed by atoms with Crippen LogP contribution in [0.4, 0.5) is 5.69 Å². The number of rotatable bonds is 5. The molecule has 0 radical (unpaired) electrons. The second kappa shape index (κ2) is 6.31. The number of nitrogens with zero attached hydrogens (tertiary/aromatic N) is 1. The third-order valence-corrected chi connectivity index (χ3v) is 11.4. The molecule has 1 aromatic carbocycles. The largest absolute Gasteiger partial charge is 0.505 e. The van der Waals surface area contributed by atoms with E-state index in [1.807, 2.05) is 0 Å². The average molecular weight is 310 g/mol. The highest BCUT2D eigenvalue weighted by molar-refractivity contribution is 6.99. The van der Waals surface area contributed by atoms with E-state index < -0.39 is 35.7 Å². The van der Waals surface area contributed by atoms with Crippen LogP contribution in [0.2, 0.25) is 39.3 Å². The molecule has 0 heterocycles. The predicted molar refractivity (Wildman–Crippen MR) is 90.9 cm³/mol. The fourth-order valence-corrected chi connectivity index (χ4v) is 13.9. The van der Waals surface area contributed by atoms with Gasteiger partial charge in [-0.25, -0.2) is 0 Å². The van der Waals surface area contributed by atoms with Crippen molar-refractivity contribution in [2.45, 2.75) is 43.8 Å². The number of anilines is 1. The number of para-hydroxylation sites is 1. The molecule has 98 valence electrons. The molecule has 18 heavy (non-hydrogen) atoms. The smallest absolute Gasteiger partial charge is 0.424 e. The minimum atomic E-state index is -1.36. The Morgan fingerprint density at radius 1 is 1.00 bits per heavy atom. The van der Waals surface area contributed by atoms with Gasteiger partial charge in [-0.2, -0.15) is 0 Å². The average Bonchev–Trinajstić information content (AvgIpc) is 2.17. The van der Waals surface area contributed by atoms with E-state index >= 15 is 0 Å². The lowest BCUT2D eigenvalue weighted by molar-refractivity contribution is 1.29. The van der Waals surface area contributed by atoms with Gasteiger partial charge in [0.15, 0.2) is 0 Å². The van der Waals surface area contributed by atoms with Crippen LogP contribution in [0, 0.1) is 0 Å². The van der Waals surface area contributed by atoms with Gasteiger partial charge in [-0.3, -0.25) is 0 Å². The lowest BCUT2D eigenvalue weighted by Gasteiger charge is -2.47. The van der Waals surface area contributed by atoms with Crippen molar-refractivity contribution in [3.05, 3.63) is 29.8 Å². The van der Waals surface area contributed by atoms with Crippen LogP contribution in [0.5, 0.6) is 0 Å². The summed E-state index contributed by atoms with van der Waals surface area (Å²) in [6, 6.07) is 8.87. The molecule has 0 unspecified atom stereocenters. The normalized spacial score (nSPS) is 12.2. The molecule has 0 aromatic heterocycles. The van der Waals surface area contributed by atoms with Gasteiger partial charge in [-0.15, -0.1) is 0 Å². The van der Waals surface area contributed by atoms with Gasteiger partial charge in [0.2, 0.25) is 0 Å². The van der Waals surface area contributed by atoms with Crippen LogP contribution >= 0.6 is 9.07 Å². The zero-order valence-electron chi connectivity index (χ0n) is 12.5. The molecule has 0 bridgehead atoms. The van der Waals surface area contributed by atoms with E-state index in [9.17, 15) is 0 Å². The Bertz CT molecular complexity index is 385. The summed E-state index contributed by atoms with van der Waals surface area (Å²) in [5.41, 5.74) is 2.92. The Morgan fingerprint density at radius 2 is 1.50 bits per heavy atom. The summed E-state index contributed by atoms with van der Waals surface area (Å²) < 4.78 is 3.89. The minimum absolute atomic E-state index is 0.449. The lowest BCUT2D eigenvalue weighted by atomic mass is 10.2. The van der Waals surface area contributed by atoms with Crippen LogP contribution in [0.25, 0.3) is 0 Å². The van der Waals surface area contributed by atoms with Crippen LogP contribution in [-0.4, -0.2) is 35.7 Å². The van der Waals surface area contributed by atoms with Crippen LogP contribution in [0.1, 0.15) is 5.56 Å². The van der Waals surface area contributed by atoms with E-state index in [4.69, 9.17) is 9.07 Å². The number of benzene rings is 1. The maximum atomic E-state index is 6.08. The summed E-state index contributed by atoms with van der Waals surface area (Å²) in [6.07, 6.45) is 0. The van der Waals surface area contributed by atoms with Crippen molar-refractivity contribution < 1.29 is 0 Å². The Morgan fingerprint density at radius 3 is 1.94 bits per heavy atom. The van der Waals surface area contributed by atoms with Gasteiger partial charge in [0.05, 0.1) is 0 Å². The third kappa shape index (κ3) is 4.27. The second-order valence-electron chi connectivity index (χ2n) is 6.74. The number of halogens is 1. The zero-order valence-corrected chi connectivity index (χ0v) is 16.7. The molecule has 1 aromatic rings. The Balaban J connectivity index is 3.30. The summed E-state index contributed by atoms with van der Waals surface area (Å²) in [6.45, 7) is 14.7. The van der Waals surface area contributed by atoms with Crippen molar-refractivity contribution >= 4 is 50.5 Å². The van der Waals surface area contributed by atoms with E-state index in [0.717, 1.165) is 4.55 Å². The highest BCUT2D eigenvalue weighted by Gasteiger charge is 2.35. The van der Waals surface area contributed by atoms with Crippen molar-refractivity contribution in [3.63, 3.8) is 0 Å². The number of hydrogen-bond donors (Lipinski definition) is 0.